The Morgan fingerprint density at radius 1 is 1.30 bits per heavy atom. The van der Waals surface area contributed by atoms with Crippen molar-refractivity contribution in [2.75, 3.05) is 0 Å². The predicted molar refractivity (Wildman–Crippen MR) is 42.2 cm³/mol. The molecule has 0 unspecified atom stereocenters. The molecule has 0 spiro atoms. The third-order valence-electron chi connectivity index (χ3n) is 1.02. The zero-order valence-corrected chi connectivity index (χ0v) is 6.68. The van der Waals surface area contributed by atoms with Crippen molar-refractivity contribution in [3.05, 3.63) is 0 Å². The van der Waals surface area contributed by atoms with Crippen molar-refractivity contribution in [2.45, 2.75) is 20.8 Å². The lowest BCUT2D eigenvalue weighted by Gasteiger charge is -2.12. The van der Waals surface area contributed by atoms with E-state index in [9.17, 15) is 0 Å². The summed E-state index contributed by atoms with van der Waals surface area (Å²) < 4.78 is 0. The second-order valence-corrected chi connectivity index (χ2v) is 3.17. The fraction of sp³-hybridized carbons (Fsp3) is 0.667. The normalized spacial score (nSPS) is 13.3. The molecule has 0 aromatic heterocycles. The number of amidine groups is 1. The molecule has 0 saturated carbocycles. The van der Waals surface area contributed by atoms with Gasteiger partial charge in [0.15, 0.2) is 5.84 Å². The molecule has 0 atom stereocenters. The minimum absolute atomic E-state index is 0.00688. The molecule has 0 radical (unpaired) electrons. The van der Waals surface area contributed by atoms with E-state index in [1.54, 1.807) is 0 Å². The second kappa shape index (κ2) is 2.68. The minimum Gasteiger partial charge on any atom is -0.373 e. The predicted octanol–water partition coefficient (Wildman–Crippen LogP) is -1.54. The maximum Gasteiger partial charge on any atom is 0.381 e. The van der Waals surface area contributed by atoms with Crippen LogP contribution < -0.4 is 16.9 Å². The first-order valence-corrected chi connectivity index (χ1v) is 3.06. The molecule has 6 N–H and O–H groups in total. The molecule has 0 rings (SSSR count). The van der Waals surface area contributed by atoms with Gasteiger partial charge in [0, 0.05) is 5.41 Å². The molecule has 0 aliphatic heterocycles. The Bertz CT molecular complexity index is 163. The Morgan fingerprint density at radius 2 is 1.70 bits per heavy atom. The number of nitrogens with two attached hydrogens (primary N) is 3. The molecule has 0 fully saturated rings. The van der Waals surface area contributed by atoms with Gasteiger partial charge in [-0.1, -0.05) is 25.8 Å². The van der Waals surface area contributed by atoms with Gasteiger partial charge < -0.3 is 5.73 Å². The van der Waals surface area contributed by atoms with Gasteiger partial charge in [-0.05, 0) is 0 Å². The van der Waals surface area contributed by atoms with Gasteiger partial charge in [-0.15, -0.1) is 0 Å². The highest BCUT2D eigenvalue weighted by molar-refractivity contribution is 5.94. The van der Waals surface area contributed by atoms with Gasteiger partial charge in [0.1, 0.15) is 0 Å². The maximum absolute atomic E-state index is 5.52. The van der Waals surface area contributed by atoms with E-state index in [0.717, 1.165) is 0 Å². The lowest BCUT2D eigenvalue weighted by molar-refractivity contribution is -0.116. The summed E-state index contributed by atoms with van der Waals surface area (Å²) in [6.07, 6.45) is 0. The molecular weight excluding hydrogens is 128 g/mol. The lowest BCUT2D eigenvalue weighted by Crippen LogP contribution is -2.46. The molecule has 0 aliphatic carbocycles. The summed E-state index contributed by atoms with van der Waals surface area (Å²) in [5.74, 6) is 0.458. The number of hydrogen-bond acceptors (Lipinski definition) is 0. The van der Waals surface area contributed by atoms with E-state index in [0.29, 0.717) is 5.84 Å². The number of hydrogen-bond donors (Lipinski definition) is 3. The third-order valence-corrected chi connectivity index (χ3v) is 1.02. The first-order chi connectivity index (χ1) is 4.34. The first kappa shape index (κ1) is 8.94. The highest BCUT2D eigenvalue weighted by Crippen LogP contribution is 2.11. The molecule has 0 aliphatic rings. The fourth-order valence-electron chi connectivity index (χ4n) is 0.307. The standard InChI is InChI=1S/C6H14N4/c1-6(2,3)4(7)10-5(8)9/h1-3H3,(H5,7,8,9,10)/p+1. The van der Waals surface area contributed by atoms with Gasteiger partial charge >= 0.3 is 5.96 Å². The van der Waals surface area contributed by atoms with Gasteiger partial charge in [-0.3, -0.25) is 11.1 Å². The van der Waals surface area contributed by atoms with Gasteiger partial charge in [-0.2, -0.15) is 0 Å². The van der Waals surface area contributed by atoms with Crippen molar-refractivity contribution in [2.24, 2.45) is 21.9 Å². The fourth-order valence-corrected chi connectivity index (χ4v) is 0.307. The SMILES string of the molecule is CC(C)(C)C(N)=NC(N)=[NH2+]. The Balaban J connectivity index is 4.35. The number of rotatable bonds is 0. The van der Waals surface area contributed by atoms with Crippen LogP contribution in [0.4, 0.5) is 0 Å². The summed E-state index contributed by atoms with van der Waals surface area (Å²) in [7, 11) is 0. The van der Waals surface area contributed by atoms with Gasteiger partial charge in [0.2, 0.25) is 0 Å². The summed E-state index contributed by atoms with van der Waals surface area (Å²) in [4.78, 5) is 3.72. The topological polar surface area (TPSA) is 90.0 Å². The van der Waals surface area contributed by atoms with Crippen LogP contribution in [-0.2, 0) is 0 Å². The van der Waals surface area contributed by atoms with E-state index in [1.165, 1.54) is 0 Å². The molecule has 4 heteroatoms. The van der Waals surface area contributed by atoms with Crippen LogP contribution in [0.3, 0.4) is 0 Å². The highest BCUT2D eigenvalue weighted by atomic mass is 15.0. The largest absolute Gasteiger partial charge is 0.381 e. The van der Waals surface area contributed by atoms with Gasteiger partial charge in [0.25, 0.3) is 0 Å². The Hall–Kier alpha value is -1.06. The average molecular weight is 143 g/mol. The number of guanidine groups is 1. The van der Waals surface area contributed by atoms with E-state index >= 15 is 0 Å². The monoisotopic (exact) mass is 143 g/mol. The van der Waals surface area contributed by atoms with Crippen LogP contribution in [-0.4, -0.2) is 11.8 Å². The summed E-state index contributed by atoms with van der Waals surface area (Å²) in [5.41, 5.74) is 10.5. The van der Waals surface area contributed by atoms with Crippen LogP contribution in [0.1, 0.15) is 20.8 Å². The summed E-state index contributed by atoms with van der Waals surface area (Å²) in [6.45, 7) is 5.82. The highest BCUT2D eigenvalue weighted by Gasteiger charge is 2.19. The summed E-state index contributed by atoms with van der Waals surface area (Å²) >= 11 is 0. The second-order valence-electron chi connectivity index (χ2n) is 3.17. The molecule has 0 amide bonds. The smallest absolute Gasteiger partial charge is 0.373 e. The molecule has 0 heterocycles. The van der Waals surface area contributed by atoms with E-state index < -0.39 is 0 Å². The van der Waals surface area contributed by atoms with Crippen LogP contribution in [0.5, 0.6) is 0 Å². The number of aliphatic imine (C=N–C) groups is 1. The van der Waals surface area contributed by atoms with Crippen molar-refractivity contribution in [1.82, 2.24) is 0 Å². The van der Waals surface area contributed by atoms with E-state index in [-0.39, 0.29) is 11.4 Å². The number of nitrogens with zero attached hydrogens (tertiary/aromatic N) is 1. The van der Waals surface area contributed by atoms with E-state index in [2.05, 4.69) is 4.99 Å². The van der Waals surface area contributed by atoms with Crippen LogP contribution >= 0.6 is 0 Å². The summed E-state index contributed by atoms with van der Waals surface area (Å²) in [5, 5.41) is 5.12. The molecule has 58 valence electrons. The Kier molecular flexibility index (Phi) is 2.40. The van der Waals surface area contributed by atoms with Crippen LogP contribution in [0.2, 0.25) is 0 Å². The van der Waals surface area contributed by atoms with Crippen molar-refractivity contribution in [1.29, 1.82) is 0 Å². The van der Waals surface area contributed by atoms with Crippen molar-refractivity contribution in [3.8, 4) is 0 Å². The summed E-state index contributed by atoms with van der Waals surface area (Å²) in [6, 6.07) is 0. The van der Waals surface area contributed by atoms with Gasteiger partial charge in [-0.25, -0.2) is 0 Å². The molecule has 0 bridgehead atoms. The van der Waals surface area contributed by atoms with Crippen molar-refractivity contribution < 1.29 is 5.41 Å². The van der Waals surface area contributed by atoms with Crippen LogP contribution in [0.15, 0.2) is 4.99 Å². The Morgan fingerprint density at radius 3 is 1.80 bits per heavy atom. The maximum atomic E-state index is 5.52. The quantitative estimate of drug-likeness (QED) is 0.283. The molecule has 0 aromatic rings. The lowest BCUT2D eigenvalue weighted by atomic mass is 9.95. The average Bonchev–Trinajstić information content (AvgIpc) is 1.60. The van der Waals surface area contributed by atoms with Crippen molar-refractivity contribution >= 4 is 11.8 Å². The first-order valence-electron chi connectivity index (χ1n) is 3.06. The van der Waals surface area contributed by atoms with Crippen LogP contribution in [0, 0.1) is 5.41 Å². The minimum atomic E-state index is -0.163. The molecule has 4 nitrogen and oxygen atoms in total. The molecule has 0 saturated heterocycles. The van der Waals surface area contributed by atoms with E-state index in [4.69, 9.17) is 16.9 Å². The van der Waals surface area contributed by atoms with Gasteiger partial charge in [0.05, 0.1) is 0 Å². The zero-order valence-electron chi connectivity index (χ0n) is 6.68. The molecule has 10 heavy (non-hydrogen) atoms. The molecule has 0 aromatic carbocycles. The Labute approximate surface area is 60.8 Å². The van der Waals surface area contributed by atoms with Crippen LogP contribution in [0.25, 0.3) is 0 Å². The molecular formula is C6H15N4+. The van der Waals surface area contributed by atoms with E-state index in [1.807, 2.05) is 20.8 Å². The van der Waals surface area contributed by atoms with Crippen molar-refractivity contribution in [3.63, 3.8) is 0 Å². The third kappa shape index (κ3) is 3.06. The zero-order chi connectivity index (χ0) is 8.36.